The van der Waals surface area contributed by atoms with Crippen LogP contribution in [0.25, 0.3) is 0 Å². The van der Waals surface area contributed by atoms with Gasteiger partial charge in [-0.05, 0) is 32.9 Å². The summed E-state index contributed by atoms with van der Waals surface area (Å²) in [6, 6.07) is 2.74. The Morgan fingerprint density at radius 1 is 1.67 bits per heavy atom. The first-order valence-electron chi connectivity index (χ1n) is 6.39. The van der Waals surface area contributed by atoms with E-state index in [0.29, 0.717) is 36.5 Å². The molecule has 0 radical (unpaired) electrons. The van der Waals surface area contributed by atoms with Crippen molar-refractivity contribution in [3.8, 4) is 0 Å². The fourth-order valence-electron chi connectivity index (χ4n) is 1.93. The van der Waals surface area contributed by atoms with Crippen molar-refractivity contribution < 1.29 is 9.21 Å². The van der Waals surface area contributed by atoms with Gasteiger partial charge in [0.25, 0.3) is 5.91 Å². The Morgan fingerprint density at radius 2 is 2.39 bits per heavy atom. The number of furan rings is 1. The van der Waals surface area contributed by atoms with Crippen molar-refractivity contribution in [1.29, 1.82) is 0 Å². The highest BCUT2D eigenvalue weighted by atomic mass is 16.3. The summed E-state index contributed by atoms with van der Waals surface area (Å²) in [7, 11) is 2.11. The lowest BCUT2D eigenvalue weighted by Crippen LogP contribution is -2.41. The molecule has 1 aliphatic carbocycles. The first kappa shape index (κ1) is 13.1. The summed E-state index contributed by atoms with van der Waals surface area (Å²) in [6.07, 6.45) is 4.00. The number of nitrogens with zero attached hydrogens (tertiary/aromatic N) is 1. The number of nitrogens with one attached hydrogen (secondary N) is 1. The van der Waals surface area contributed by atoms with Gasteiger partial charge in [0.1, 0.15) is 12.0 Å². The standard InChI is InChI=1S/C13H21N3O2/c1-9(16(2)11-3-4-11)7-15-13(17)10-5-12(6-14)18-8-10/h5,8-9,11H,3-4,6-7,14H2,1-2H3,(H,15,17). The molecule has 0 saturated heterocycles. The largest absolute Gasteiger partial charge is 0.467 e. The second kappa shape index (κ2) is 5.54. The van der Waals surface area contributed by atoms with Crippen LogP contribution in [-0.2, 0) is 6.54 Å². The van der Waals surface area contributed by atoms with Crippen molar-refractivity contribution >= 4 is 5.91 Å². The summed E-state index contributed by atoms with van der Waals surface area (Å²) in [5.74, 6) is 0.526. The van der Waals surface area contributed by atoms with Crippen LogP contribution in [0, 0.1) is 0 Å². The molecule has 1 saturated carbocycles. The van der Waals surface area contributed by atoms with E-state index in [1.807, 2.05) is 0 Å². The Labute approximate surface area is 107 Å². The third-order valence-corrected chi connectivity index (χ3v) is 3.49. The number of amides is 1. The molecular formula is C13H21N3O2. The summed E-state index contributed by atoms with van der Waals surface area (Å²) >= 11 is 0. The number of hydrogen-bond donors (Lipinski definition) is 2. The van der Waals surface area contributed by atoms with E-state index in [0.717, 1.165) is 0 Å². The van der Waals surface area contributed by atoms with Crippen LogP contribution in [-0.4, -0.2) is 36.5 Å². The first-order chi connectivity index (χ1) is 8.61. The molecule has 5 nitrogen and oxygen atoms in total. The van der Waals surface area contributed by atoms with Crippen molar-refractivity contribution in [3.05, 3.63) is 23.7 Å². The van der Waals surface area contributed by atoms with E-state index >= 15 is 0 Å². The van der Waals surface area contributed by atoms with Crippen molar-refractivity contribution in [1.82, 2.24) is 10.2 Å². The Morgan fingerprint density at radius 3 is 2.94 bits per heavy atom. The van der Waals surface area contributed by atoms with Crippen molar-refractivity contribution in [2.45, 2.75) is 38.4 Å². The quantitative estimate of drug-likeness (QED) is 0.789. The molecule has 5 heteroatoms. The molecule has 1 atom stereocenters. The van der Waals surface area contributed by atoms with E-state index in [2.05, 4.69) is 24.2 Å². The second-order valence-corrected chi connectivity index (χ2v) is 4.96. The molecule has 1 heterocycles. The predicted molar refractivity (Wildman–Crippen MR) is 69.2 cm³/mol. The fourth-order valence-corrected chi connectivity index (χ4v) is 1.93. The molecule has 100 valence electrons. The topological polar surface area (TPSA) is 71.5 Å². The average Bonchev–Trinajstić information content (AvgIpc) is 3.12. The molecule has 2 rings (SSSR count). The summed E-state index contributed by atoms with van der Waals surface area (Å²) in [5, 5.41) is 2.92. The Bertz CT molecular complexity index is 412. The zero-order chi connectivity index (χ0) is 13.1. The fraction of sp³-hybridized carbons (Fsp3) is 0.615. The molecule has 0 aromatic carbocycles. The molecular weight excluding hydrogens is 230 g/mol. The van der Waals surface area contributed by atoms with Gasteiger partial charge < -0.3 is 15.5 Å². The molecule has 0 spiro atoms. The lowest BCUT2D eigenvalue weighted by atomic mass is 10.2. The highest BCUT2D eigenvalue weighted by Crippen LogP contribution is 2.26. The van der Waals surface area contributed by atoms with E-state index in [1.54, 1.807) is 6.07 Å². The van der Waals surface area contributed by atoms with Gasteiger partial charge in [0, 0.05) is 18.6 Å². The lowest BCUT2D eigenvalue weighted by Gasteiger charge is -2.24. The third kappa shape index (κ3) is 3.11. The number of hydrogen-bond acceptors (Lipinski definition) is 4. The first-order valence-corrected chi connectivity index (χ1v) is 6.39. The number of likely N-dealkylation sites (N-methyl/N-ethyl adjacent to an activating group) is 1. The van der Waals surface area contributed by atoms with Crippen LogP contribution >= 0.6 is 0 Å². The third-order valence-electron chi connectivity index (χ3n) is 3.49. The monoisotopic (exact) mass is 251 g/mol. The van der Waals surface area contributed by atoms with Crippen LogP contribution in [0.3, 0.4) is 0 Å². The number of rotatable bonds is 6. The minimum atomic E-state index is -0.102. The average molecular weight is 251 g/mol. The van der Waals surface area contributed by atoms with Crippen LogP contribution in [0.4, 0.5) is 0 Å². The highest BCUT2D eigenvalue weighted by Gasteiger charge is 2.29. The highest BCUT2D eigenvalue weighted by molar-refractivity contribution is 5.93. The SMILES string of the molecule is CC(CNC(=O)c1coc(CN)c1)N(C)C1CC1. The van der Waals surface area contributed by atoms with Crippen LogP contribution in [0.5, 0.6) is 0 Å². The maximum Gasteiger partial charge on any atom is 0.254 e. The van der Waals surface area contributed by atoms with Gasteiger partial charge in [0.2, 0.25) is 0 Å². The Hall–Kier alpha value is -1.33. The van der Waals surface area contributed by atoms with Crippen molar-refractivity contribution in [2.24, 2.45) is 5.73 Å². The van der Waals surface area contributed by atoms with Crippen molar-refractivity contribution in [2.75, 3.05) is 13.6 Å². The molecule has 18 heavy (non-hydrogen) atoms. The Balaban J connectivity index is 1.80. The second-order valence-electron chi connectivity index (χ2n) is 4.96. The van der Waals surface area contributed by atoms with E-state index < -0.39 is 0 Å². The summed E-state index contributed by atoms with van der Waals surface area (Å²) < 4.78 is 5.14. The van der Waals surface area contributed by atoms with Gasteiger partial charge in [-0.25, -0.2) is 0 Å². The van der Waals surface area contributed by atoms with Gasteiger partial charge in [0.15, 0.2) is 0 Å². The van der Waals surface area contributed by atoms with Gasteiger partial charge in [0.05, 0.1) is 12.1 Å². The number of nitrogens with two attached hydrogens (primary N) is 1. The van der Waals surface area contributed by atoms with Crippen LogP contribution in [0.2, 0.25) is 0 Å². The van der Waals surface area contributed by atoms with Gasteiger partial charge in [-0.3, -0.25) is 9.69 Å². The molecule has 1 unspecified atom stereocenters. The normalized spacial score (nSPS) is 16.9. The predicted octanol–water partition coefficient (Wildman–Crippen LogP) is 0.951. The van der Waals surface area contributed by atoms with E-state index in [1.165, 1.54) is 19.1 Å². The molecule has 0 bridgehead atoms. The minimum absolute atomic E-state index is 0.102. The van der Waals surface area contributed by atoms with Gasteiger partial charge in [-0.15, -0.1) is 0 Å². The molecule has 1 fully saturated rings. The molecule has 1 aliphatic rings. The Kier molecular flexibility index (Phi) is 4.04. The maximum atomic E-state index is 11.9. The van der Waals surface area contributed by atoms with Crippen molar-refractivity contribution in [3.63, 3.8) is 0 Å². The number of carbonyl (C=O) groups excluding carboxylic acids is 1. The maximum absolute atomic E-state index is 11.9. The summed E-state index contributed by atoms with van der Waals surface area (Å²) in [5.41, 5.74) is 5.97. The zero-order valence-corrected chi connectivity index (χ0v) is 11.0. The smallest absolute Gasteiger partial charge is 0.254 e. The van der Waals surface area contributed by atoms with E-state index in [4.69, 9.17) is 10.2 Å². The van der Waals surface area contributed by atoms with E-state index in [-0.39, 0.29) is 5.91 Å². The van der Waals surface area contributed by atoms with Gasteiger partial charge >= 0.3 is 0 Å². The van der Waals surface area contributed by atoms with Crippen LogP contribution in [0.15, 0.2) is 16.7 Å². The van der Waals surface area contributed by atoms with Crippen LogP contribution in [0.1, 0.15) is 35.9 Å². The molecule has 0 aliphatic heterocycles. The molecule has 1 aromatic heterocycles. The molecule has 3 N–H and O–H groups in total. The van der Waals surface area contributed by atoms with Crippen LogP contribution < -0.4 is 11.1 Å². The zero-order valence-electron chi connectivity index (χ0n) is 11.0. The summed E-state index contributed by atoms with van der Waals surface area (Å²) in [6.45, 7) is 3.09. The van der Waals surface area contributed by atoms with Gasteiger partial charge in [-0.2, -0.15) is 0 Å². The minimum Gasteiger partial charge on any atom is -0.467 e. The van der Waals surface area contributed by atoms with Gasteiger partial charge in [-0.1, -0.05) is 0 Å². The molecule has 1 amide bonds. The lowest BCUT2D eigenvalue weighted by molar-refractivity contribution is 0.0939. The van der Waals surface area contributed by atoms with E-state index in [9.17, 15) is 4.79 Å². The number of carbonyl (C=O) groups is 1. The molecule has 1 aromatic rings. The summed E-state index contributed by atoms with van der Waals surface area (Å²) in [4.78, 5) is 14.2.